The number of rotatable bonds is 14. The van der Waals surface area contributed by atoms with Crippen LogP contribution in [0.3, 0.4) is 0 Å². The highest BCUT2D eigenvalue weighted by Gasteiger charge is 2.73. The van der Waals surface area contributed by atoms with Gasteiger partial charge in [-0.15, -0.1) is 0 Å². The zero-order chi connectivity index (χ0) is 63.6. The molecule has 15 N–H and O–H groups in total. The highest BCUT2D eigenvalue weighted by molar-refractivity contribution is 5.80. The number of carbonyl (C=O) groups is 2. The van der Waals surface area contributed by atoms with Crippen molar-refractivity contribution in [2.24, 2.45) is 50.2 Å². The predicted molar refractivity (Wildman–Crippen MR) is 290 cm³/mol. The summed E-state index contributed by atoms with van der Waals surface area (Å²) in [7, 11) is 0. The van der Waals surface area contributed by atoms with Gasteiger partial charge in [0.15, 0.2) is 37.4 Å². The van der Waals surface area contributed by atoms with E-state index in [-0.39, 0.29) is 36.5 Å². The molecule has 1 unspecified atom stereocenters. The smallest absolute Gasteiger partial charge is 0.317 e. The summed E-state index contributed by atoms with van der Waals surface area (Å²) in [5, 5.41) is 166. The van der Waals surface area contributed by atoms with E-state index in [9.17, 15) is 81.4 Å². The normalized spacial score (nSPS) is 54.0. The van der Waals surface area contributed by atoms with Gasteiger partial charge < -0.3 is 129 Å². The number of hydrogen-bond acceptors (Lipinski definition) is 28. The maximum absolute atomic E-state index is 15.6. The summed E-state index contributed by atoms with van der Waals surface area (Å²) in [6, 6.07) is 0. The lowest BCUT2D eigenvalue weighted by Crippen LogP contribution is -2.70. The molecule has 28 heteroatoms. The first-order valence-electron chi connectivity index (χ1n) is 30.6. The molecule has 28 nitrogen and oxygen atoms in total. The Labute approximate surface area is 504 Å². The number of aliphatic hydroxyl groups is 15. The molecule has 87 heavy (non-hydrogen) atoms. The largest absolute Gasteiger partial charge is 0.454 e. The Morgan fingerprint density at radius 1 is 0.609 bits per heavy atom. The summed E-state index contributed by atoms with van der Waals surface area (Å²) in [5.41, 5.74) is -6.18. The molecule has 10 aliphatic rings. The lowest BCUT2D eigenvalue weighted by atomic mass is 9.33. The van der Waals surface area contributed by atoms with Gasteiger partial charge in [0.1, 0.15) is 84.3 Å². The van der Waals surface area contributed by atoms with Crippen LogP contribution in [0.4, 0.5) is 0 Å². The van der Waals surface area contributed by atoms with Crippen LogP contribution in [0.2, 0.25) is 0 Å². The van der Waals surface area contributed by atoms with E-state index in [1.807, 2.05) is 6.92 Å². The lowest BCUT2D eigenvalue weighted by molar-refractivity contribution is -0.372. The molecule has 5 heterocycles. The average Bonchev–Trinajstić information content (AvgIpc) is 0.950. The van der Waals surface area contributed by atoms with Crippen molar-refractivity contribution in [2.45, 2.75) is 254 Å². The van der Waals surface area contributed by atoms with E-state index in [0.29, 0.717) is 32.1 Å². The average molecular weight is 1250 g/mol. The first kappa shape index (κ1) is 67.6. The van der Waals surface area contributed by atoms with Crippen LogP contribution in [0.5, 0.6) is 0 Å². The fourth-order valence-corrected chi connectivity index (χ4v) is 17.7. The fraction of sp³-hybridized carbons (Fsp3) is 0.932. The molecule has 0 amide bonds. The molecule has 0 radical (unpaired) electrons. The van der Waals surface area contributed by atoms with E-state index in [0.717, 1.165) is 12.5 Å². The van der Waals surface area contributed by atoms with Crippen LogP contribution in [0.25, 0.3) is 0 Å². The van der Waals surface area contributed by atoms with Gasteiger partial charge in [0.25, 0.3) is 0 Å². The third-order valence-corrected chi connectivity index (χ3v) is 22.8. The summed E-state index contributed by atoms with van der Waals surface area (Å²) in [5.74, 6) is -2.84. The summed E-state index contributed by atoms with van der Waals surface area (Å²) in [6.45, 7) is 11.3. The van der Waals surface area contributed by atoms with Gasteiger partial charge in [0.05, 0.1) is 64.1 Å². The van der Waals surface area contributed by atoms with Gasteiger partial charge in [-0.2, -0.15) is 0 Å². The summed E-state index contributed by atoms with van der Waals surface area (Å²) >= 11 is 0. The monoisotopic (exact) mass is 1250 g/mol. The second-order valence-electron chi connectivity index (χ2n) is 28.6. The van der Waals surface area contributed by atoms with Crippen molar-refractivity contribution < 1.29 is 138 Å². The quantitative estimate of drug-likeness (QED) is 0.0451. The molecule has 9 fully saturated rings. The molecule has 32 atom stereocenters. The number of hydrogen-bond donors (Lipinski definition) is 15. The Hall–Kier alpha value is -2.28. The third kappa shape index (κ3) is 11.2. The number of allylic oxidation sites excluding steroid dienone is 2. The zero-order valence-corrected chi connectivity index (χ0v) is 50.5. The van der Waals surface area contributed by atoms with Crippen LogP contribution in [0.15, 0.2) is 11.6 Å². The summed E-state index contributed by atoms with van der Waals surface area (Å²) in [6.07, 6.45) is -31.6. The molecule has 5 saturated heterocycles. The number of esters is 2. The van der Waals surface area contributed by atoms with Crippen molar-refractivity contribution in [1.29, 1.82) is 0 Å². The van der Waals surface area contributed by atoms with E-state index in [1.165, 1.54) is 6.92 Å². The Morgan fingerprint density at radius 2 is 1.28 bits per heavy atom. The van der Waals surface area contributed by atoms with Crippen LogP contribution < -0.4 is 0 Å². The molecule has 4 saturated carbocycles. The molecule has 498 valence electrons. The van der Waals surface area contributed by atoms with E-state index in [2.05, 4.69) is 40.7 Å². The Balaban J connectivity index is 0.880. The van der Waals surface area contributed by atoms with E-state index in [4.69, 9.17) is 52.1 Å². The van der Waals surface area contributed by atoms with Crippen molar-refractivity contribution in [3.8, 4) is 0 Å². The standard InChI is InChI=1S/C59H94O28/c1-24-41(83-47-40(73)42(30(66)20-77-47)84-51-45(74)58(76,22-62)23-79-51)39(72)44(81-25(2)63)50(80-24)85-43-35(68)29(65)19-78-49(43)87-52(75)59-14-13-53(3,4)15-27(59)26-9-10-33-54(5)16-28(64)46(86-48-38(71)37(70)36(69)31(18-60)82-48)55(6,21-61)32(54)11-12-56(33,7)57(26,8)17-34(59)67/h9,24,27-51,60-62,64-74,76H,10-23H2,1-8H3/t24-,27-,28-,29-,30+,31+,32+,33+,34+,35-,36+,37-,38+,39+,40+,41-,42-,43+,44+,45-,46-,47-,48-,49-,50-,51-,54-,55?,56+,57+,58+,59+/m0/s1. The topological polar surface area (TPSA) is 439 Å². The molecular formula is C59H94O28. The minimum Gasteiger partial charge on any atom is -0.454 e. The van der Waals surface area contributed by atoms with Gasteiger partial charge in [-0.1, -0.05) is 53.2 Å². The zero-order valence-electron chi connectivity index (χ0n) is 50.5. The Bertz CT molecular complexity index is 2490. The first-order chi connectivity index (χ1) is 40.7. The van der Waals surface area contributed by atoms with Crippen molar-refractivity contribution in [3.63, 3.8) is 0 Å². The summed E-state index contributed by atoms with van der Waals surface area (Å²) < 4.78 is 64.9. The number of aliphatic hydroxyl groups excluding tert-OH is 14. The highest BCUT2D eigenvalue weighted by atomic mass is 16.8. The van der Waals surface area contributed by atoms with Gasteiger partial charge in [0, 0.05) is 12.3 Å². The van der Waals surface area contributed by atoms with Crippen LogP contribution in [0.1, 0.15) is 107 Å². The maximum atomic E-state index is 15.6. The lowest BCUT2D eigenvalue weighted by Gasteiger charge is -2.72. The van der Waals surface area contributed by atoms with Gasteiger partial charge in [0.2, 0.25) is 6.29 Å². The van der Waals surface area contributed by atoms with Gasteiger partial charge in [-0.25, -0.2) is 0 Å². The van der Waals surface area contributed by atoms with E-state index >= 15 is 4.79 Å². The fourth-order valence-electron chi connectivity index (χ4n) is 17.7. The van der Waals surface area contributed by atoms with Gasteiger partial charge in [-0.05, 0) is 97.7 Å². The van der Waals surface area contributed by atoms with E-state index < -0.39 is 231 Å². The number of fused-ring (bicyclic) bond motifs is 7. The van der Waals surface area contributed by atoms with Gasteiger partial charge in [-0.3, -0.25) is 9.59 Å². The van der Waals surface area contributed by atoms with Crippen LogP contribution in [0, 0.1) is 50.2 Å². The van der Waals surface area contributed by atoms with Gasteiger partial charge >= 0.3 is 11.9 Å². The minimum atomic E-state index is -2.09. The molecule has 5 aliphatic heterocycles. The first-order valence-corrected chi connectivity index (χ1v) is 30.6. The SMILES string of the molecule is CC(=O)O[C@H]1[C@H](O[C@H]2[C@H](OC(=O)[C@]34CCC(C)(C)C[C@H]3C3=CC[C@@H]5[C@@]6(C)C[C@H](O)[C@H](O[C@@H]7O[C@H](CO)[C@@H](O)[C@H](O)[C@H]7O)C(C)(CO)[C@@H]6CC[C@@]5(C)[C@]3(C)C[C@H]4O)OC[C@H](O)[C@@H]2O)O[C@@H](C)[C@H](O[C@@H]2OC[C@@H](O)[C@H](O[C@@H]3OC[C@](O)(CO)[C@H]3O)[C@H]2O)[C@H]1O. The molecule has 0 aromatic carbocycles. The third-order valence-electron chi connectivity index (χ3n) is 22.8. The number of carbonyl (C=O) groups excluding carboxylic acids is 2. The van der Waals surface area contributed by atoms with Crippen LogP contribution >= 0.6 is 0 Å². The summed E-state index contributed by atoms with van der Waals surface area (Å²) in [4.78, 5) is 28.3. The molecule has 5 aliphatic carbocycles. The number of ether oxygens (including phenoxy) is 11. The molecule has 0 spiro atoms. The van der Waals surface area contributed by atoms with E-state index in [1.54, 1.807) is 0 Å². The van der Waals surface area contributed by atoms with Crippen LogP contribution in [-0.2, 0) is 61.7 Å². The van der Waals surface area contributed by atoms with Crippen LogP contribution in [-0.4, -0.2) is 275 Å². The van der Waals surface area contributed by atoms with Crippen molar-refractivity contribution in [1.82, 2.24) is 0 Å². The maximum Gasteiger partial charge on any atom is 0.317 e. The van der Waals surface area contributed by atoms with Crippen molar-refractivity contribution in [2.75, 3.05) is 39.6 Å². The van der Waals surface area contributed by atoms with Crippen molar-refractivity contribution in [3.05, 3.63) is 11.6 Å². The predicted octanol–water partition coefficient (Wildman–Crippen LogP) is -3.78. The van der Waals surface area contributed by atoms with Crippen molar-refractivity contribution >= 4 is 11.9 Å². The second kappa shape index (κ2) is 24.6. The molecule has 0 bridgehead atoms. The minimum absolute atomic E-state index is 0.108. The second-order valence-corrected chi connectivity index (χ2v) is 28.6. The Kier molecular flexibility index (Phi) is 19.1. The molecule has 10 rings (SSSR count). The molecule has 0 aromatic heterocycles. The highest BCUT2D eigenvalue weighted by Crippen LogP contribution is 2.76. The molecular weight excluding hydrogens is 1160 g/mol. The Morgan fingerprint density at radius 3 is 1.93 bits per heavy atom. The molecule has 0 aromatic rings.